The average molecular weight is 306 g/mol. The Morgan fingerprint density at radius 2 is 2.00 bits per heavy atom. The summed E-state index contributed by atoms with van der Waals surface area (Å²) >= 11 is 0. The Morgan fingerprint density at radius 3 is 2.68 bits per heavy atom. The van der Waals surface area contributed by atoms with Gasteiger partial charge in [-0.05, 0) is 24.0 Å². The van der Waals surface area contributed by atoms with E-state index in [-0.39, 0.29) is 12.0 Å². The van der Waals surface area contributed by atoms with Crippen LogP contribution in [0.5, 0.6) is 0 Å². The van der Waals surface area contributed by atoms with Gasteiger partial charge in [0.2, 0.25) is 5.91 Å². The van der Waals surface area contributed by atoms with E-state index in [4.69, 9.17) is 4.74 Å². The maximum absolute atomic E-state index is 11.7. The summed E-state index contributed by atoms with van der Waals surface area (Å²) in [5, 5.41) is 12.5. The normalized spacial score (nSPS) is 16.6. The lowest BCUT2D eigenvalue weighted by molar-refractivity contribution is -0.122. The average Bonchev–Trinajstić information content (AvgIpc) is 2.54. The molecule has 1 heterocycles. The third kappa shape index (κ3) is 5.40. The smallest absolute Gasteiger partial charge is 0.222 e. The van der Waals surface area contributed by atoms with Crippen molar-refractivity contribution in [2.24, 2.45) is 0 Å². The van der Waals surface area contributed by atoms with E-state index in [9.17, 15) is 9.90 Å². The number of amides is 1. The standard InChI is InChI=1S/C17H26N2O3/c1-22-11-8-17(21)18-12-14-4-2-3-5-15(14)13-19-9-6-16(20)7-10-19/h2-5,16,20H,6-13H2,1H3,(H,18,21). The second-order valence-electron chi connectivity index (χ2n) is 5.80. The molecule has 1 aromatic rings. The molecule has 0 aromatic heterocycles. The first-order chi connectivity index (χ1) is 10.7. The fourth-order valence-corrected chi connectivity index (χ4v) is 2.68. The molecule has 0 radical (unpaired) electrons. The Balaban J connectivity index is 1.88. The van der Waals surface area contributed by atoms with Gasteiger partial charge in [-0.25, -0.2) is 0 Å². The number of hydrogen-bond acceptors (Lipinski definition) is 4. The summed E-state index contributed by atoms with van der Waals surface area (Å²) < 4.78 is 4.91. The molecule has 1 aliphatic heterocycles. The minimum Gasteiger partial charge on any atom is -0.393 e. The van der Waals surface area contributed by atoms with Crippen molar-refractivity contribution in [1.82, 2.24) is 10.2 Å². The van der Waals surface area contributed by atoms with Gasteiger partial charge in [0.05, 0.1) is 12.7 Å². The van der Waals surface area contributed by atoms with Gasteiger partial charge in [0.15, 0.2) is 0 Å². The molecule has 0 saturated carbocycles. The monoisotopic (exact) mass is 306 g/mol. The fourth-order valence-electron chi connectivity index (χ4n) is 2.68. The number of aliphatic hydroxyl groups is 1. The van der Waals surface area contributed by atoms with Crippen LogP contribution < -0.4 is 5.32 Å². The summed E-state index contributed by atoms with van der Waals surface area (Å²) in [6.07, 6.45) is 1.93. The predicted octanol–water partition coefficient (Wildman–Crippen LogP) is 1.30. The van der Waals surface area contributed by atoms with E-state index in [1.54, 1.807) is 7.11 Å². The summed E-state index contributed by atoms with van der Waals surface area (Å²) in [7, 11) is 1.60. The van der Waals surface area contributed by atoms with Crippen LogP contribution in [-0.2, 0) is 22.6 Å². The first kappa shape index (κ1) is 16.9. The zero-order valence-corrected chi connectivity index (χ0v) is 13.3. The Hall–Kier alpha value is -1.43. The fraction of sp³-hybridized carbons (Fsp3) is 0.588. The number of nitrogens with one attached hydrogen (secondary N) is 1. The molecule has 5 nitrogen and oxygen atoms in total. The lowest BCUT2D eigenvalue weighted by Crippen LogP contribution is -2.35. The third-order valence-electron chi connectivity index (χ3n) is 4.08. The molecule has 2 N–H and O–H groups in total. The highest BCUT2D eigenvalue weighted by atomic mass is 16.5. The largest absolute Gasteiger partial charge is 0.393 e. The summed E-state index contributed by atoms with van der Waals surface area (Å²) in [5.74, 6) is 0.0118. The van der Waals surface area contributed by atoms with Crippen LogP contribution in [0.15, 0.2) is 24.3 Å². The quantitative estimate of drug-likeness (QED) is 0.797. The van der Waals surface area contributed by atoms with E-state index in [1.807, 2.05) is 12.1 Å². The minimum atomic E-state index is -0.147. The van der Waals surface area contributed by atoms with Crippen LogP contribution in [0.4, 0.5) is 0 Å². The van der Waals surface area contributed by atoms with Crippen LogP contribution in [0.3, 0.4) is 0 Å². The van der Waals surface area contributed by atoms with Crippen molar-refractivity contribution < 1.29 is 14.6 Å². The molecule has 0 aliphatic carbocycles. The van der Waals surface area contributed by atoms with Crippen molar-refractivity contribution in [3.05, 3.63) is 35.4 Å². The number of hydrogen-bond donors (Lipinski definition) is 2. The molecule has 5 heteroatoms. The topological polar surface area (TPSA) is 61.8 Å². The first-order valence-electron chi connectivity index (χ1n) is 7.92. The Labute approximate surface area is 132 Å². The van der Waals surface area contributed by atoms with Crippen LogP contribution in [-0.4, -0.2) is 48.8 Å². The Bertz CT molecular complexity index is 471. The SMILES string of the molecule is COCCC(=O)NCc1ccccc1CN1CCC(O)CC1. The highest BCUT2D eigenvalue weighted by Gasteiger charge is 2.17. The van der Waals surface area contributed by atoms with Gasteiger partial charge in [-0.1, -0.05) is 24.3 Å². The van der Waals surface area contributed by atoms with Crippen molar-refractivity contribution >= 4 is 5.91 Å². The van der Waals surface area contributed by atoms with Crippen LogP contribution in [0.25, 0.3) is 0 Å². The Morgan fingerprint density at radius 1 is 1.32 bits per heavy atom. The van der Waals surface area contributed by atoms with Crippen LogP contribution >= 0.6 is 0 Å². The molecule has 22 heavy (non-hydrogen) atoms. The number of nitrogens with zero attached hydrogens (tertiary/aromatic N) is 1. The van der Waals surface area contributed by atoms with Gasteiger partial charge >= 0.3 is 0 Å². The van der Waals surface area contributed by atoms with Gasteiger partial charge in [-0.3, -0.25) is 9.69 Å². The Kier molecular flexibility index (Phi) is 6.83. The van der Waals surface area contributed by atoms with Crippen LogP contribution in [0, 0.1) is 0 Å². The van der Waals surface area contributed by atoms with E-state index in [2.05, 4.69) is 22.3 Å². The number of methoxy groups -OCH3 is 1. The van der Waals surface area contributed by atoms with Crippen LogP contribution in [0.1, 0.15) is 30.4 Å². The number of carbonyl (C=O) groups is 1. The molecule has 0 unspecified atom stereocenters. The second-order valence-corrected chi connectivity index (χ2v) is 5.80. The number of ether oxygens (including phenoxy) is 1. The number of likely N-dealkylation sites (tertiary alicyclic amines) is 1. The summed E-state index contributed by atoms with van der Waals surface area (Å²) in [6.45, 7) is 3.72. The highest BCUT2D eigenvalue weighted by Crippen LogP contribution is 2.16. The number of piperidine rings is 1. The molecule has 1 aromatic carbocycles. The molecule has 0 atom stereocenters. The van der Waals surface area contributed by atoms with E-state index < -0.39 is 0 Å². The zero-order chi connectivity index (χ0) is 15.8. The van der Waals surface area contributed by atoms with Crippen molar-refractivity contribution in [3.63, 3.8) is 0 Å². The molecule has 122 valence electrons. The lowest BCUT2D eigenvalue weighted by atomic mass is 10.0. The van der Waals surface area contributed by atoms with Crippen molar-refractivity contribution in [1.29, 1.82) is 0 Å². The summed E-state index contributed by atoms with van der Waals surface area (Å²) in [4.78, 5) is 14.0. The van der Waals surface area contributed by atoms with Crippen molar-refractivity contribution in [2.75, 3.05) is 26.8 Å². The van der Waals surface area contributed by atoms with Crippen molar-refractivity contribution in [2.45, 2.75) is 38.5 Å². The second kappa shape index (κ2) is 8.88. The molecular weight excluding hydrogens is 280 g/mol. The van der Waals surface area contributed by atoms with E-state index in [0.29, 0.717) is 19.6 Å². The van der Waals surface area contributed by atoms with Gasteiger partial charge < -0.3 is 15.2 Å². The maximum Gasteiger partial charge on any atom is 0.222 e. The van der Waals surface area contributed by atoms with E-state index >= 15 is 0 Å². The highest BCUT2D eigenvalue weighted by molar-refractivity contribution is 5.75. The van der Waals surface area contributed by atoms with Gasteiger partial charge in [0.1, 0.15) is 0 Å². The molecule has 2 rings (SSSR count). The third-order valence-corrected chi connectivity index (χ3v) is 4.08. The number of aliphatic hydroxyl groups excluding tert-OH is 1. The molecule has 1 aliphatic rings. The van der Waals surface area contributed by atoms with Crippen molar-refractivity contribution in [3.8, 4) is 0 Å². The molecule has 0 spiro atoms. The summed E-state index contributed by atoms with van der Waals surface area (Å²) in [5.41, 5.74) is 2.39. The summed E-state index contributed by atoms with van der Waals surface area (Å²) in [6, 6.07) is 8.21. The predicted molar refractivity (Wildman–Crippen MR) is 85.3 cm³/mol. The molecule has 1 saturated heterocycles. The minimum absolute atomic E-state index is 0.0118. The van der Waals surface area contributed by atoms with Crippen LogP contribution in [0.2, 0.25) is 0 Å². The number of carbonyl (C=O) groups excluding carboxylic acids is 1. The van der Waals surface area contributed by atoms with Gasteiger partial charge in [0, 0.05) is 39.7 Å². The first-order valence-corrected chi connectivity index (χ1v) is 7.92. The molecular formula is C17H26N2O3. The van der Waals surface area contributed by atoms with E-state index in [1.165, 1.54) is 5.56 Å². The van der Waals surface area contributed by atoms with E-state index in [0.717, 1.165) is 38.0 Å². The number of benzene rings is 1. The van der Waals surface area contributed by atoms with Gasteiger partial charge in [-0.15, -0.1) is 0 Å². The molecule has 1 amide bonds. The molecule has 1 fully saturated rings. The van der Waals surface area contributed by atoms with Gasteiger partial charge in [0.25, 0.3) is 0 Å². The van der Waals surface area contributed by atoms with Gasteiger partial charge in [-0.2, -0.15) is 0 Å². The lowest BCUT2D eigenvalue weighted by Gasteiger charge is -2.30. The zero-order valence-electron chi connectivity index (χ0n) is 13.3. The maximum atomic E-state index is 11.7. The number of rotatable bonds is 7. The molecule has 0 bridgehead atoms.